The van der Waals surface area contributed by atoms with Gasteiger partial charge >= 0.3 is 0 Å². The minimum Gasteiger partial charge on any atom is -0.484 e. The normalized spacial score (nSPS) is 11.6. The molecule has 2 amide bonds. The van der Waals surface area contributed by atoms with Crippen molar-refractivity contribution >= 4 is 35.0 Å². The molecule has 0 fully saturated rings. The summed E-state index contributed by atoms with van der Waals surface area (Å²) in [5.41, 5.74) is 3.55. The van der Waals surface area contributed by atoms with E-state index >= 15 is 0 Å². The molecule has 168 valence electrons. The number of hydrogen-bond acceptors (Lipinski definition) is 4. The van der Waals surface area contributed by atoms with Crippen LogP contribution in [-0.2, 0) is 9.59 Å². The number of benzene rings is 2. The Labute approximate surface area is 193 Å². The van der Waals surface area contributed by atoms with Crippen molar-refractivity contribution < 1.29 is 19.1 Å². The Balaban J connectivity index is 1.71. The van der Waals surface area contributed by atoms with Crippen molar-refractivity contribution in [2.24, 2.45) is 0 Å². The fourth-order valence-electron chi connectivity index (χ4n) is 2.96. The molecule has 2 N–H and O–H groups in total. The third kappa shape index (κ3) is 7.64. The molecule has 0 aromatic heterocycles. The standard InChI is InChI=1S/C23H28Cl2N2O4/c1-13-6-18(7-14(2)22(13)24)30-11-20(28)26-10-17(5)27-21(29)12-31-19-8-15(3)23(25)16(4)9-19/h6-9,17H,10-12H2,1-5H3,(H,26,28)(H,27,29). The van der Waals surface area contributed by atoms with Crippen LogP contribution in [0.15, 0.2) is 24.3 Å². The van der Waals surface area contributed by atoms with E-state index in [9.17, 15) is 9.59 Å². The molecule has 0 saturated carbocycles. The van der Waals surface area contributed by atoms with Crippen molar-refractivity contribution in [1.29, 1.82) is 0 Å². The Morgan fingerprint density at radius 2 is 1.19 bits per heavy atom. The number of carbonyl (C=O) groups excluding carboxylic acids is 2. The molecule has 0 aliphatic carbocycles. The van der Waals surface area contributed by atoms with Gasteiger partial charge in [-0.2, -0.15) is 0 Å². The van der Waals surface area contributed by atoms with Gasteiger partial charge in [0.2, 0.25) is 0 Å². The third-order valence-electron chi connectivity index (χ3n) is 4.57. The van der Waals surface area contributed by atoms with Gasteiger partial charge in [0.1, 0.15) is 11.5 Å². The van der Waals surface area contributed by atoms with Crippen LogP contribution >= 0.6 is 23.2 Å². The quantitative estimate of drug-likeness (QED) is 0.577. The molecule has 2 aromatic rings. The predicted molar refractivity (Wildman–Crippen MR) is 123 cm³/mol. The first-order chi connectivity index (χ1) is 14.6. The summed E-state index contributed by atoms with van der Waals surface area (Å²) in [7, 11) is 0. The summed E-state index contributed by atoms with van der Waals surface area (Å²) in [6.07, 6.45) is 0. The van der Waals surface area contributed by atoms with Crippen LogP contribution < -0.4 is 20.1 Å². The Morgan fingerprint density at radius 3 is 1.61 bits per heavy atom. The number of hydrogen-bond donors (Lipinski definition) is 2. The van der Waals surface area contributed by atoms with Gasteiger partial charge < -0.3 is 20.1 Å². The number of carbonyl (C=O) groups is 2. The van der Waals surface area contributed by atoms with Crippen LogP contribution in [-0.4, -0.2) is 37.6 Å². The van der Waals surface area contributed by atoms with Gasteiger partial charge in [-0.25, -0.2) is 0 Å². The van der Waals surface area contributed by atoms with E-state index in [-0.39, 0.29) is 37.6 Å². The van der Waals surface area contributed by atoms with E-state index in [1.165, 1.54) is 0 Å². The maximum atomic E-state index is 12.1. The molecule has 0 heterocycles. The smallest absolute Gasteiger partial charge is 0.258 e. The van der Waals surface area contributed by atoms with E-state index < -0.39 is 0 Å². The molecule has 2 aromatic carbocycles. The highest BCUT2D eigenvalue weighted by molar-refractivity contribution is 6.32. The molecular formula is C23H28Cl2N2O4. The van der Waals surface area contributed by atoms with Crippen molar-refractivity contribution in [2.75, 3.05) is 19.8 Å². The van der Waals surface area contributed by atoms with E-state index in [1.807, 2.05) is 27.7 Å². The molecule has 8 heteroatoms. The van der Waals surface area contributed by atoms with Gasteiger partial charge in [0.05, 0.1) is 0 Å². The lowest BCUT2D eigenvalue weighted by Crippen LogP contribution is -2.44. The van der Waals surface area contributed by atoms with Gasteiger partial charge in [0, 0.05) is 22.6 Å². The van der Waals surface area contributed by atoms with E-state index in [4.69, 9.17) is 32.7 Å². The lowest BCUT2D eigenvalue weighted by atomic mass is 10.1. The van der Waals surface area contributed by atoms with E-state index in [0.29, 0.717) is 21.5 Å². The van der Waals surface area contributed by atoms with Crippen molar-refractivity contribution in [3.8, 4) is 11.5 Å². The maximum Gasteiger partial charge on any atom is 0.258 e. The molecule has 31 heavy (non-hydrogen) atoms. The highest BCUT2D eigenvalue weighted by Gasteiger charge is 2.12. The molecule has 1 unspecified atom stereocenters. The fraction of sp³-hybridized carbons (Fsp3) is 0.391. The molecule has 0 radical (unpaired) electrons. The van der Waals surface area contributed by atoms with Crippen LogP contribution in [0.2, 0.25) is 10.0 Å². The summed E-state index contributed by atoms with van der Waals surface area (Å²) in [6, 6.07) is 6.88. The minimum atomic E-state index is -0.283. The molecule has 6 nitrogen and oxygen atoms in total. The largest absolute Gasteiger partial charge is 0.484 e. The molecule has 0 aliphatic rings. The Morgan fingerprint density at radius 1 is 0.806 bits per heavy atom. The van der Waals surface area contributed by atoms with Crippen molar-refractivity contribution in [3.63, 3.8) is 0 Å². The summed E-state index contributed by atoms with van der Waals surface area (Å²) >= 11 is 12.3. The zero-order chi connectivity index (χ0) is 23.1. The van der Waals surface area contributed by atoms with Gasteiger partial charge in [0.25, 0.3) is 11.8 Å². The molecule has 0 saturated heterocycles. The lowest BCUT2D eigenvalue weighted by Gasteiger charge is -2.16. The summed E-state index contributed by atoms with van der Waals surface area (Å²) in [5, 5.41) is 6.89. The predicted octanol–water partition coefficient (Wildman–Crippen LogP) is 4.31. The number of halogens is 2. The second-order valence-corrected chi connectivity index (χ2v) is 8.35. The van der Waals surface area contributed by atoms with Gasteiger partial charge in [-0.15, -0.1) is 0 Å². The van der Waals surface area contributed by atoms with E-state index in [0.717, 1.165) is 22.3 Å². The second-order valence-electron chi connectivity index (χ2n) is 7.59. The van der Waals surface area contributed by atoms with Gasteiger partial charge in [-0.05, 0) is 81.1 Å². The molecule has 1 atom stereocenters. The van der Waals surface area contributed by atoms with E-state index in [2.05, 4.69) is 10.6 Å². The average molecular weight is 467 g/mol. The second kappa shape index (κ2) is 11.3. The highest BCUT2D eigenvalue weighted by atomic mass is 35.5. The Hall–Kier alpha value is -2.44. The first-order valence-electron chi connectivity index (χ1n) is 9.92. The summed E-state index contributed by atoms with van der Waals surface area (Å²) in [4.78, 5) is 24.1. The van der Waals surface area contributed by atoms with Crippen molar-refractivity contribution in [2.45, 2.75) is 40.7 Å². The first-order valence-corrected chi connectivity index (χ1v) is 10.7. The topological polar surface area (TPSA) is 76.7 Å². The van der Waals surface area contributed by atoms with Crippen molar-refractivity contribution in [1.82, 2.24) is 10.6 Å². The molecule has 0 bridgehead atoms. The van der Waals surface area contributed by atoms with Crippen LogP contribution in [0.25, 0.3) is 0 Å². The van der Waals surface area contributed by atoms with Crippen LogP contribution in [0.3, 0.4) is 0 Å². The van der Waals surface area contributed by atoms with Crippen LogP contribution in [0.4, 0.5) is 0 Å². The van der Waals surface area contributed by atoms with Crippen LogP contribution in [0.5, 0.6) is 11.5 Å². The Kier molecular flexibility index (Phi) is 9.01. The number of amides is 2. The number of rotatable bonds is 9. The lowest BCUT2D eigenvalue weighted by molar-refractivity contribution is -0.125. The number of nitrogens with one attached hydrogen (secondary N) is 2. The molecule has 0 spiro atoms. The van der Waals surface area contributed by atoms with Crippen LogP contribution in [0, 0.1) is 27.7 Å². The number of aryl methyl sites for hydroxylation is 4. The van der Waals surface area contributed by atoms with E-state index in [1.54, 1.807) is 31.2 Å². The molecule has 2 rings (SSSR count). The zero-order valence-electron chi connectivity index (χ0n) is 18.4. The molecule has 0 aliphatic heterocycles. The average Bonchev–Trinajstić information content (AvgIpc) is 2.71. The van der Waals surface area contributed by atoms with Crippen LogP contribution in [0.1, 0.15) is 29.2 Å². The fourth-order valence-corrected chi connectivity index (χ4v) is 3.18. The number of ether oxygens (including phenoxy) is 2. The zero-order valence-corrected chi connectivity index (χ0v) is 19.9. The first kappa shape index (κ1) is 24.8. The summed E-state index contributed by atoms with van der Waals surface area (Å²) in [5.74, 6) is 0.603. The maximum absolute atomic E-state index is 12.1. The SMILES string of the molecule is Cc1cc(OCC(=O)NCC(C)NC(=O)COc2cc(C)c(Cl)c(C)c2)cc(C)c1Cl. The Bertz CT molecular complexity index is 917. The van der Waals surface area contributed by atoms with Gasteiger partial charge in [-0.1, -0.05) is 23.2 Å². The van der Waals surface area contributed by atoms with Gasteiger partial charge in [0.15, 0.2) is 13.2 Å². The van der Waals surface area contributed by atoms with Crippen molar-refractivity contribution in [3.05, 3.63) is 56.6 Å². The summed E-state index contributed by atoms with van der Waals surface area (Å²) < 4.78 is 11.1. The van der Waals surface area contributed by atoms with Gasteiger partial charge in [-0.3, -0.25) is 9.59 Å². The third-order valence-corrected chi connectivity index (χ3v) is 5.76. The monoisotopic (exact) mass is 466 g/mol. The highest BCUT2D eigenvalue weighted by Crippen LogP contribution is 2.26. The summed E-state index contributed by atoms with van der Waals surface area (Å²) in [6.45, 7) is 9.33. The minimum absolute atomic E-state index is 0.125. The molecular weight excluding hydrogens is 439 g/mol.